The summed E-state index contributed by atoms with van der Waals surface area (Å²) in [5.74, 6) is -0.0820. The molecule has 0 heterocycles. The summed E-state index contributed by atoms with van der Waals surface area (Å²) in [6, 6.07) is 27.3. The van der Waals surface area contributed by atoms with Gasteiger partial charge in [0, 0.05) is 56.0 Å². The fraction of sp³-hybridized carbons (Fsp3) is 0.273. The van der Waals surface area contributed by atoms with Crippen LogP contribution in [0.15, 0.2) is 91.0 Å². The van der Waals surface area contributed by atoms with E-state index in [1.54, 1.807) is 36.4 Å². The average molecular weight is 633 g/mol. The standard InChI is InChI=1S/C33H36N4O3S3/c38-28(25-10-4-1-5-11-25)22-31(41)34-16-19-37(20-17-35-32(42)23-29(39)26-12-6-2-7-13-26)21-18-36-33(43)24-30(40)27-14-8-3-9-15-27/h1-15H,16-24H2,(H,34,41)(H,35,42)(H,36,43). The van der Waals surface area contributed by atoms with E-state index in [-0.39, 0.29) is 36.6 Å². The van der Waals surface area contributed by atoms with Crippen molar-refractivity contribution >= 4 is 69.0 Å². The number of ketones is 3. The van der Waals surface area contributed by atoms with Crippen LogP contribution in [0.4, 0.5) is 0 Å². The highest BCUT2D eigenvalue weighted by molar-refractivity contribution is 7.80. The van der Waals surface area contributed by atoms with Gasteiger partial charge in [-0.25, -0.2) is 0 Å². The molecule has 0 saturated heterocycles. The number of Topliss-reactive ketones (excluding diaryl/α,β-unsaturated/α-hetero) is 3. The van der Waals surface area contributed by atoms with Gasteiger partial charge in [-0.2, -0.15) is 0 Å². The second kappa shape index (κ2) is 18.8. The van der Waals surface area contributed by atoms with Gasteiger partial charge in [0.15, 0.2) is 17.3 Å². The maximum atomic E-state index is 12.5. The second-order valence-corrected chi connectivity index (χ2v) is 11.3. The van der Waals surface area contributed by atoms with E-state index in [4.69, 9.17) is 36.7 Å². The summed E-state index contributed by atoms with van der Waals surface area (Å²) in [6.45, 7) is 3.59. The van der Waals surface area contributed by atoms with Crippen molar-refractivity contribution in [3.05, 3.63) is 108 Å². The van der Waals surface area contributed by atoms with Crippen LogP contribution in [0.25, 0.3) is 0 Å². The van der Waals surface area contributed by atoms with Crippen LogP contribution in [0, 0.1) is 0 Å². The Morgan fingerprint density at radius 3 is 0.977 bits per heavy atom. The van der Waals surface area contributed by atoms with Gasteiger partial charge in [0.05, 0.1) is 34.2 Å². The lowest BCUT2D eigenvalue weighted by Crippen LogP contribution is -2.43. The summed E-state index contributed by atoms with van der Waals surface area (Å²) in [4.78, 5) is 41.1. The van der Waals surface area contributed by atoms with Crippen molar-refractivity contribution in [2.24, 2.45) is 0 Å². The zero-order valence-electron chi connectivity index (χ0n) is 23.9. The first-order valence-electron chi connectivity index (χ1n) is 14.1. The topological polar surface area (TPSA) is 90.5 Å². The number of carbonyl (C=O) groups excluding carboxylic acids is 3. The molecule has 224 valence electrons. The second-order valence-electron chi connectivity index (χ2n) is 9.79. The summed E-state index contributed by atoms with van der Waals surface area (Å²) in [5.41, 5.74) is 1.90. The monoisotopic (exact) mass is 632 g/mol. The predicted molar refractivity (Wildman–Crippen MR) is 184 cm³/mol. The Morgan fingerprint density at radius 1 is 0.465 bits per heavy atom. The minimum atomic E-state index is -0.0273. The highest BCUT2D eigenvalue weighted by atomic mass is 32.1. The summed E-state index contributed by atoms with van der Waals surface area (Å²) >= 11 is 16.2. The van der Waals surface area contributed by atoms with Gasteiger partial charge in [-0.3, -0.25) is 19.3 Å². The molecule has 3 rings (SSSR count). The molecule has 0 radical (unpaired) electrons. The largest absolute Gasteiger partial charge is 0.378 e. The van der Waals surface area contributed by atoms with Gasteiger partial charge in [-0.05, 0) is 0 Å². The minimum absolute atomic E-state index is 0.0273. The quantitative estimate of drug-likeness (QED) is 0.134. The van der Waals surface area contributed by atoms with Crippen LogP contribution in [0.5, 0.6) is 0 Å². The van der Waals surface area contributed by atoms with E-state index in [9.17, 15) is 14.4 Å². The molecule has 0 fully saturated rings. The minimum Gasteiger partial charge on any atom is -0.378 e. The van der Waals surface area contributed by atoms with E-state index in [2.05, 4.69) is 20.9 Å². The molecule has 0 amide bonds. The zero-order chi connectivity index (χ0) is 30.9. The zero-order valence-corrected chi connectivity index (χ0v) is 26.4. The molecule has 3 aromatic carbocycles. The van der Waals surface area contributed by atoms with Gasteiger partial charge in [0.25, 0.3) is 0 Å². The van der Waals surface area contributed by atoms with Crippen molar-refractivity contribution in [3.8, 4) is 0 Å². The molecule has 3 N–H and O–H groups in total. The van der Waals surface area contributed by atoms with Crippen LogP contribution in [-0.4, -0.2) is 76.5 Å². The number of hydrogen-bond donors (Lipinski definition) is 3. The van der Waals surface area contributed by atoms with Gasteiger partial charge < -0.3 is 16.0 Å². The summed E-state index contributed by atoms with van der Waals surface area (Å²) in [6.07, 6.45) is 0.446. The fourth-order valence-electron chi connectivity index (χ4n) is 4.20. The highest BCUT2D eigenvalue weighted by Crippen LogP contribution is 2.05. The molecule has 3 aromatic rings. The molecule has 0 aliphatic rings. The molecule has 0 aliphatic carbocycles. The Hall–Kier alpha value is -3.70. The van der Waals surface area contributed by atoms with Crippen molar-refractivity contribution < 1.29 is 14.4 Å². The number of hydrogen-bond acceptors (Lipinski definition) is 7. The van der Waals surface area contributed by atoms with E-state index in [0.717, 1.165) is 0 Å². The Morgan fingerprint density at radius 2 is 0.721 bits per heavy atom. The van der Waals surface area contributed by atoms with E-state index < -0.39 is 0 Å². The first kappa shape index (κ1) is 33.8. The van der Waals surface area contributed by atoms with Crippen LogP contribution in [-0.2, 0) is 0 Å². The Labute approximate surface area is 269 Å². The van der Waals surface area contributed by atoms with Gasteiger partial charge >= 0.3 is 0 Å². The molecule has 0 spiro atoms. The lowest BCUT2D eigenvalue weighted by atomic mass is 10.1. The molecule has 10 heteroatoms. The van der Waals surface area contributed by atoms with Crippen molar-refractivity contribution in [1.82, 2.24) is 20.9 Å². The third-order valence-corrected chi connectivity index (χ3v) is 7.37. The van der Waals surface area contributed by atoms with Gasteiger partial charge in [0.2, 0.25) is 0 Å². The average Bonchev–Trinajstić information content (AvgIpc) is 3.02. The van der Waals surface area contributed by atoms with Crippen LogP contribution in [0.3, 0.4) is 0 Å². The molecule has 0 atom stereocenters. The van der Waals surface area contributed by atoms with Crippen LogP contribution >= 0.6 is 36.7 Å². The molecule has 0 unspecified atom stereocenters. The molecular formula is C33H36N4O3S3. The normalized spacial score (nSPS) is 10.5. The molecule has 0 aromatic heterocycles. The molecule has 0 aliphatic heterocycles. The third kappa shape index (κ3) is 13.0. The van der Waals surface area contributed by atoms with Gasteiger partial charge in [-0.15, -0.1) is 0 Å². The van der Waals surface area contributed by atoms with E-state index in [1.165, 1.54) is 0 Å². The number of nitrogens with zero attached hydrogens (tertiary/aromatic N) is 1. The Balaban J connectivity index is 1.45. The number of benzene rings is 3. The summed E-state index contributed by atoms with van der Waals surface area (Å²) < 4.78 is 0. The number of nitrogens with one attached hydrogen (secondary N) is 3. The summed E-state index contributed by atoms with van der Waals surface area (Å²) in [7, 11) is 0. The van der Waals surface area contributed by atoms with Gasteiger partial charge in [-0.1, -0.05) is 128 Å². The van der Waals surface area contributed by atoms with Crippen molar-refractivity contribution in [3.63, 3.8) is 0 Å². The number of rotatable bonds is 18. The molecule has 0 bridgehead atoms. The lowest BCUT2D eigenvalue weighted by molar-refractivity contribution is 0.0992. The molecule has 43 heavy (non-hydrogen) atoms. The molecule has 0 saturated carbocycles. The SMILES string of the molecule is O=C(CC(=S)NCCN(CCNC(=S)CC(=O)c1ccccc1)CCNC(=S)CC(=O)c1ccccc1)c1ccccc1. The summed E-state index contributed by atoms with van der Waals surface area (Å²) in [5, 5.41) is 9.56. The Kier molecular flexibility index (Phi) is 14.7. The first-order valence-corrected chi connectivity index (χ1v) is 15.3. The van der Waals surface area contributed by atoms with E-state index >= 15 is 0 Å². The van der Waals surface area contributed by atoms with Crippen molar-refractivity contribution in [1.29, 1.82) is 0 Å². The third-order valence-electron chi connectivity index (χ3n) is 6.50. The van der Waals surface area contributed by atoms with Gasteiger partial charge in [0.1, 0.15) is 0 Å². The fourth-order valence-corrected chi connectivity index (χ4v) is 4.90. The lowest BCUT2D eigenvalue weighted by Gasteiger charge is -2.24. The predicted octanol–water partition coefficient (Wildman–Crippen LogP) is 4.86. The van der Waals surface area contributed by atoms with E-state index in [0.29, 0.717) is 70.9 Å². The Bertz CT molecular complexity index is 1220. The highest BCUT2D eigenvalue weighted by Gasteiger charge is 2.13. The first-order chi connectivity index (χ1) is 20.8. The maximum Gasteiger partial charge on any atom is 0.169 e. The molecular weight excluding hydrogens is 597 g/mol. The van der Waals surface area contributed by atoms with Crippen LogP contribution < -0.4 is 16.0 Å². The molecule has 7 nitrogen and oxygen atoms in total. The number of carbonyl (C=O) groups is 3. The van der Waals surface area contributed by atoms with Crippen LogP contribution in [0.1, 0.15) is 50.3 Å². The van der Waals surface area contributed by atoms with E-state index in [1.807, 2.05) is 54.6 Å². The number of thiocarbonyl (C=S) groups is 3. The smallest absolute Gasteiger partial charge is 0.169 e. The maximum absolute atomic E-state index is 12.5. The van der Waals surface area contributed by atoms with Crippen LogP contribution in [0.2, 0.25) is 0 Å². The van der Waals surface area contributed by atoms with Crippen molar-refractivity contribution in [2.75, 3.05) is 39.3 Å². The van der Waals surface area contributed by atoms with Crippen molar-refractivity contribution in [2.45, 2.75) is 19.3 Å².